The second kappa shape index (κ2) is 10.2. The van der Waals surface area contributed by atoms with Crippen molar-refractivity contribution in [3.05, 3.63) is 62.8 Å². The van der Waals surface area contributed by atoms with Gasteiger partial charge in [0.25, 0.3) is 5.56 Å². The Hall–Kier alpha value is -3.20. The second-order valence-corrected chi connectivity index (χ2v) is 6.56. The molecule has 0 aliphatic heterocycles. The van der Waals surface area contributed by atoms with Crippen molar-refractivity contribution >= 4 is 11.9 Å². The molecule has 2 aromatic rings. The van der Waals surface area contributed by atoms with Gasteiger partial charge in [0.2, 0.25) is 5.91 Å². The zero-order chi connectivity index (χ0) is 20.5. The lowest BCUT2D eigenvalue weighted by molar-refractivity contribution is -0.120. The van der Waals surface area contributed by atoms with Crippen LogP contribution in [0.1, 0.15) is 28.2 Å². The van der Waals surface area contributed by atoms with E-state index < -0.39 is 0 Å². The fourth-order valence-electron chi connectivity index (χ4n) is 2.61. The topological polar surface area (TPSA) is 149 Å². The summed E-state index contributed by atoms with van der Waals surface area (Å²) in [5.41, 5.74) is 14.0. The number of rotatable bonds is 9. The molecule has 1 amide bonds. The summed E-state index contributed by atoms with van der Waals surface area (Å²) >= 11 is 0. The molecule has 0 aliphatic rings. The molecule has 9 nitrogen and oxygen atoms in total. The maximum absolute atomic E-state index is 12.2. The van der Waals surface area contributed by atoms with E-state index >= 15 is 0 Å². The van der Waals surface area contributed by atoms with E-state index in [-0.39, 0.29) is 23.8 Å². The standard InChI is InChI=1S/C19H27N7O2/c1-12-3-5-14(6-4-12)7-8-15-18(28)24-13(2)16(25-15)11-17(27)22-9-10-23-26-19(20)21/h3-6,23H,7-11H2,1-2H3,(H,22,27)(H,24,28)(H4,20,21,26). The SMILES string of the molecule is Cc1ccc(CCc2nc(CC(=O)NCCNNC(=N)N)c(C)[nH]c2=O)cc1. The van der Waals surface area contributed by atoms with Gasteiger partial charge in [-0.1, -0.05) is 29.8 Å². The van der Waals surface area contributed by atoms with Gasteiger partial charge in [0.1, 0.15) is 5.69 Å². The number of aromatic amines is 1. The molecule has 0 saturated carbocycles. The van der Waals surface area contributed by atoms with Crippen LogP contribution in [0, 0.1) is 19.3 Å². The highest BCUT2D eigenvalue weighted by molar-refractivity contribution is 5.78. The summed E-state index contributed by atoms with van der Waals surface area (Å²) in [4.78, 5) is 31.5. The summed E-state index contributed by atoms with van der Waals surface area (Å²) in [6.07, 6.45) is 1.30. The molecule has 28 heavy (non-hydrogen) atoms. The number of H-pyrrole nitrogens is 1. The number of nitrogens with one attached hydrogen (secondary N) is 5. The number of amides is 1. The Morgan fingerprint density at radius 1 is 1.14 bits per heavy atom. The van der Waals surface area contributed by atoms with Gasteiger partial charge >= 0.3 is 0 Å². The van der Waals surface area contributed by atoms with Gasteiger partial charge in [-0.3, -0.25) is 20.4 Å². The summed E-state index contributed by atoms with van der Waals surface area (Å²) in [6.45, 7) is 4.54. The van der Waals surface area contributed by atoms with Crippen molar-refractivity contribution < 1.29 is 4.79 Å². The van der Waals surface area contributed by atoms with E-state index in [0.717, 1.165) is 5.56 Å². The largest absolute Gasteiger partial charge is 0.369 e. The van der Waals surface area contributed by atoms with E-state index in [4.69, 9.17) is 11.1 Å². The molecule has 1 aromatic heterocycles. The lowest BCUT2D eigenvalue weighted by Gasteiger charge is -2.10. The molecule has 0 radical (unpaired) electrons. The Kier molecular flexibility index (Phi) is 7.70. The van der Waals surface area contributed by atoms with Crippen LogP contribution in [0.5, 0.6) is 0 Å². The number of hydrogen-bond donors (Lipinski definition) is 6. The molecular weight excluding hydrogens is 358 g/mol. The van der Waals surface area contributed by atoms with Gasteiger partial charge in [-0.25, -0.2) is 10.4 Å². The monoisotopic (exact) mass is 385 g/mol. The quantitative estimate of drug-likeness (QED) is 0.153. The number of aryl methyl sites for hydroxylation is 4. The van der Waals surface area contributed by atoms with Crippen molar-refractivity contribution in [2.75, 3.05) is 13.1 Å². The number of benzene rings is 1. The molecule has 0 spiro atoms. The number of hydrazine groups is 1. The summed E-state index contributed by atoms with van der Waals surface area (Å²) in [6, 6.07) is 8.17. The van der Waals surface area contributed by atoms with Crippen LogP contribution in [0.3, 0.4) is 0 Å². The average molecular weight is 385 g/mol. The molecule has 150 valence electrons. The van der Waals surface area contributed by atoms with Gasteiger partial charge < -0.3 is 16.0 Å². The maximum atomic E-state index is 12.2. The van der Waals surface area contributed by atoms with Gasteiger partial charge in [-0.2, -0.15) is 0 Å². The van der Waals surface area contributed by atoms with E-state index in [1.54, 1.807) is 6.92 Å². The van der Waals surface area contributed by atoms with Crippen molar-refractivity contribution in [2.45, 2.75) is 33.1 Å². The first-order chi connectivity index (χ1) is 13.3. The third-order valence-corrected chi connectivity index (χ3v) is 4.16. The molecule has 1 heterocycles. The highest BCUT2D eigenvalue weighted by Crippen LogP contribution is 2.07. The van der Waals surface area contributed by atoms with E-state index in [1.807, 2.05) is 31.2 Å². The van der Waals surface area contributed by atoms with E-state index in [2.05, 4.69) is 26.1 Å². The number of nitrogens with zero attached hydrogens (tertiary/aromatic N) is 1. The van der Waals surface area contributed by atoms with Crippen LogP contribution in [-0.4, -0.2) is 34.9 Å². The Morgan fingerprint density at radius 3 is 2.54 bits per heavy atom. The Labute approximate surface area is 163 Å². The predicted molar refractivity (Wildman–Crippen MR) is 108 cm³/mol. The third kappa shape index (κ3) is 6.84. The molecule has 9 heteroatoms. The molecule has 0 saturated heterocycles. The van der Waals surface area contributed by atoms with Crippen molar-refractivity contribution in [2.24, 2.45) is 5.73 Å². The van der Waals surface area contributed by atoms with Crippen LogP contribution < -0.4 is 27.5 Å². The van der Waals surface area contributed by atoms with Gasteiger partial charge in [-0.15, -0.1) is 0 Å². The molecular formula is C19H27N7O2. The van der Waals surface area contributed by atoms with E-state index in [1.165, 1.54) is 5.56 Å². The maximum Gasteiger partial charge on any atom is 0.269 e. The lowest BCUT2D eigenvalue weighted by Crippen LogP contribution is -2.45. The highest BCUT2D eigenvalue weighted by atomic mass is 16.1. The second-order valence-electron chi connectivity index (χ2n) is 6.56. The van der Waals surface area contributed by atoms with Gasteiger partial charge in [-0.05, 0) is 32.3 Å². The molecule has 0 bridgehead atoms. The first kappa shape index (κ1) is 21.1. The smallest absolute Gasteiger partial charge is 0.269 e. The van der Waals surface area contributed by atoms with Crippen molar-refractivity contribution in [1.82, 2.24) is 26.1 Å². The van der Waals surface area contributed by atoms with Crippen LogP contribution in [0.4, 0.5) is 0 Å². The summed E-state index contributed by atoms with van der Waals surface area (Å²) < 4.78 is 0. The predicted octanol–water partition coefficient (Wildman–Crippen LogP) is -0.182. The Bertz CT molecular complexity index is 875. The number of aromatic nitrogens is 2. The van der Waals surface area contributed by atoms with Crippen LogP contribution >= 0.6 is 0 Å². The number of hydrogen-bond acceptors (Lipinski definition) is 5. The van der Waals surface area contributed by atoms with Crippen molar-refractivity contribution in [3.8, 4) is 0 Å². The van der Waals surface area contributed by atoms with Crippen LogP contribution in [0.15, 0.2) is 29.1 Å². The normalized spacial score (nSPS) is 10.5. The number of guanidine groups is 1. The molecule has 1 aromatic carbocycles. The Morgan fingerprint density at radius 2 is 1.86 bits per heavy atom. The van der Waals surface area contributed by atoms with Crippen LogP contribution in [0.25, 0.3) is 0 Å². The first-order valence-electron chi connectivity index (χ1n) is 9.09. The van der Waals surface area contributed by atoms with E-state index in [9.17, 15) is 9.59 Å². The van der Waals surface area contributed by atoms with Gasteiger partial charge in [0.05, 0.1) is 12.1 Å². The average Bonchev–Trinajstić information content (AvgIpc) is 2.63. The Balaban J connectivity index is 1.92. The molecule has 7 N–H and O–H groups in total. The number of carbonyl (C=O) groups is 1. The van der Waals surface area contributed by atoms with Crippen molar-refractivity contribution in [3.63, 3.8) is 0 Å². The van der Waals surface area contributed by atoms with Gasteiger partial charge in [0.15, 0.2) is 5.96 Å². The van der Waals surface area contributed by atoms with Crippen LogP contribution in [-0.2, 0) is 24.1 Å². The summed E-state index contributed by atoms with van der Waals surface area (Å²) in [7, 11) is 0. The minimum Gasteiger partial charge on any atom is -0.369 e. The van der Waals surface area contributed by atoms with Crippen molar-refractivity contribution in [1.29, 1.82) is 5.41 Å². The first-order valence-corrected chi connectivity index (χ1v) is 9.09. The summed E-state index contributed by atoms with van der Waals surface area (Å²) in [5, 5.41) is 9.75. The van der Waals surface area contributed by atoms with Gasteiger partial charge in [0, 0.05) is 18.8 Å². The van der Waals surface area contributed by atoms with Crippen LogP contribution in [0.2, 0.25) is 0 Å². The fourth-order valence-corrected chi connectivity index (χ4v) is 2.61. The van der Waals surface area contributed by atoms with E-state index in [0.29, 0.717) is 43.0 Å². The third-order valence-electron chi connectivity index (χ3n) is 4.16. The molecule has 0 aliphatic carbocycles. The summed E-state index contributed by atoms with van der Waals surface area (Å²) in [5.74, 6) is -0.394. The zero-order valence-corrected chi connectivity index (χ0v) is 16.2. The lowest BCUT2D eigenvalue weighted by atomic mass is 10.1. The minimum absolute atomic E-state index is 0.0836. The molecule has 0 fully saturated rings. The molecule has 0 atom stereocenters. The molecule has 2 rings (SSSR count). The highest BCUT2D eigenvalue weighted by Gasteiger charge is 2.12. The zero-order valence-electron chi connectivity index (χ0n) is 16.2. The fraction of sp³-hybridized carbons (Fsp3) is 0.368. The number of nitrogens with two attached hydrogens (primary N) is 1. The number of carbonyl (C=O) groups excluding carboxylic acids is 1. The minimum atomic E-state index is -0.215. The molecule has 0 unspecified atom stereocenters.